The van der Waals surface area contributed by atoms with Gasteiger partial charge in [0.2, 0.25) is 0 Å². The van der Waals surface area contributed by atoms with Crippen LogP contribution in [0, 0.1) is 0 Å². The average Bonchev–Trinajstić information content (AvgIpc) is 2.53. The highest BCUT2D eigenvalue weighted by Crippen LogP contribution is 2.27. The number of cyclic esters (lactones) is 1. The standard InChI is InChI=1S/C19H17ClO3/c20-15-8-5-14(6-9-15)18-4-2-1-3-13(18)7-10-17-11-16(21)12-19(22)23-17/h1-10,16-17,21H,11-12H2/b10-7+. The van der Waals surface area contributed by atoms with Gasteiger partial charge in [0.15, 0.2) is 0 Å². The number of esters is 1. The molecule has 1 heterocycles. The smallest absolute Gasteiger partial charge is 0.309 e. The number of halogens is 1. The molecule has 118 valence electrons. The molecule has 2 atom stereocenters. The third-order valence-corrected chi connectivity index (χ3v) is 4.05. The summed E-state index contributed by atoms with van der Waals surface area (Å²) in [7, 11) is 0. The van der Waals surface area contributed by atoms with E-state index in [1.807, 2.05) is 60.7 Å². The van der Waals surface area contributed by atoms with Crippen LogP contribution >= 0.6 is 11.6 Å². The molecule has 0 radical (unpaired) electrons. The Morgan fingerprint density at radius 2 is 1.87 bits per heavy atom. The summed E-state index contributed by atoms with van der Waals surface area (Å²) in [6, 6.07) is 15.6. The fraction of sp³-hybridized carbons (Fsp3) is 0.211. The summed E-state index contributed by atoms with van der Waals surface area (Å²) < 4.78 is 5.24. The van der Waals surface area contributed by atoms with Crippen molar-refractivity contribution in [3.8, 4) is 11.1 Å². The maximum atomic E-state index is 11.4. The zero-order chi connectivity index (χ0) is 16.2. The van der Waals surface area contributed by atoms with Crippen LogP contribution in [0.3, 0.4) is 0 Å². The highest BCUT2D eigenvalue weighted by atomic mass is 35.5. The molecule has 0 amide bonds. The second kappa shape index (κ2) is 6.99. The Bertz CT molecular complexity index is 722. The average molecular weight is 329 g/mol. The summed E-state index contributed by atoms with van der Waals surface area (Å²) in [4.78, 5) is 11.4. The molecule has 1 N–H and O–H groups in total. The molecule has 2 unspecified atom stereocenters. The molecular weight excluding hydrogens is 312 g/mol. The molecule has 0 aromatic heterocycles. The molecule has 3 rings (SSSR count). The minimum Gasteiger partial charge on any atom is -0.458 e. The van der Waals surface area contributed by atoms with Crippen molar-refractivity contribution in [3.63, 3.8) is 0 Å². The summed E-state index contributed by atoms with van der Waals surface area (Å²) in [6.45, 7) is 0. The molecular formula is C19H17ClO3. The van der Waals surface area contributed by atoms with Gasteiger partial charge >= 0.3 is 5.97 Å². The number of hydrogen-bond acceptors (Lipinski definition) is 3. The fourth-order valence-electron chi connectivity index (χ4n) is 2.67. The van der Waals surface area contributed by atoms with Gasteiger partial charge < -0.3 is 9.84 Å². The topological polar surface area (TPSA) is 46.5 Å². The second-order valence-corrected chi connectivity index (χ2v) is 6.01. The number of rotatable bonds is 3. The Hall–Kier alpha value is -2.10. The van der Waals surface area contributed by atoms with Crippen LogP contribution in [-0.4, -0.2) is 23.3 Å². The van der Waals surface area contributed by atoms with Gasteiger partial charge in [-0.3, -0.25) is 4.79 Å². The number of ether oxygens (including phenoxy) is 1. The molecule has 1 fully saturated rings. The molecule has 23 heavy (non-hydrogen) atoms. The normalized spacial score (nSPS) is 21.4. The van der Waals surface area contributed by atoms with Crippen LogP contribution < -0.4 is 0 Å². The van der Waals surface area contributed by atoms with Gasteiger partial charge in [-0.1, -0.05) is 54.1 Å². The number of hydrogen-bond donors (Lipinski definition) is 1. The van der Waals surface area contributed by atoms with Gasteiger partial charge in [-0.05, 0) is 34.9 Å². The zero-order valence-corrected chi connectivity index (χ0v) is 13.2. The van der Waals surface area contributed by atoms with E-state index in [9.17, 15) is 9.90 Å². The molecule has 1 aliphatic rings. The molecule has 3 nitrogen and oxygen atoms in total. The van der Waals surface area contributed by atoms with Gasteiger partial charge in [-0.2, -0.15) is 0 Å². The highest BCUT2D eigenvalue weighted by molar-refractivity contribution is 6.30. The van der Waals surface area contributed by atoms with Gasteiger partial charge in [-0.25, -0.2) is 0 Å². The summed E-state index contributed by atoms with van der Waals surface area (Å²) in [5, 5.41) is 10.4. The van der Waals surface area contributed by atoms with E-state index in [-0.39, 0.29) is 18.5 Å². The lowest BCUT2D eigenvalue weighted by atomic mass is 9.98. The van der Waals surface area contributed by atoms with E-state index in [0.29, 0.717) is 11.4 Å². The first kappa shape index (κ1) is 15.8. The molecule has 0 aliphatic carbocycles. The van der Waals surface area contributed by atoms with E-state index in [1.54, 1.807) is 0 Å². The van der Waals surface area contributed by atoms with Crippen molar-refractivity contribution in [2.45, 2.75) is 25.0 Å². The van der Waals surface area contributed by atoms with Crippen LogP contribution in [0.15, 0.2) is 54.6 Å². The van der Waals surface area contributed by atoms with E-state index in [4.69, 9.17) is 16.3 Å². The first-order valence-electron chi connectivity index (χ1n) is 7.52. The first-order valence-corrected chi connectivity index (χ1v) is 7.90. The number of benzene rings is 2. The molecule has 0 saturated carbocycles. The molecule has 0 spiro atoms. The van der Waals surface area contributed by atoms with E-state index < -0.39 is 6.10 Å². The monoisotopic (exact) mass is 328 g/mol. The number of carbonyl (C=O) groups is 1. The number of aliphatic hydroxyl groups excluding tert-OH is 1. The van der Waals surface area contributed by atoms with E-state index in [0.717, 1.165) is 16.7 Å². The quantitative estimate of drug-likeness (QED) is 0.863. The zero-order valence-electron chi connectivity index (χ0n) is 12.5. The van der Waals surface area contributed by atoms with E-state index >= 15 is 0 Å². The minimum absolute atomic E-state index is 0.0751. The van der Waals surface area contributed by atoms with Crippen LogP contribution in [0.25, 0.3) is 17.2 Å². The predicted octanol–water partition coefficient (Wildman–Crippen LogP) is 4.09. The summed E-state index contributed by atoms with van der Waals surface area (Å²) >= 11 is 5.94. The summed E-state index contributed by atoms with van der Waals surface area (Å²) in [6.07, 6.45) is 3.26. The molecule has 1 aliphatic heterocycles. The van der Waals surface area contributed by atoms with E-state index in [2.05, 4.69) is 0 Å². The molecule has 1 saturated heterocycles. The second-order valence-electron chi connectivity index (χ2n) is 5.58. The molecule has 4 heteroatoms. The molecule has 2 aromatic carbocycles. The SMILES string of the molecule is O=C1CC(O)CC(/C=C/c2ccccc2-c2ccc(Cl)cc2)O1. The van der Waals surface area contributed by atoms with E-state index in [1.165, 1.54) is 0 Å². The lowest BCUT2D eigenvalue weighted by Gasteiger charge is -2.23. The van der Waals surface area contributed by atoms with Gasteiger partial charge in [0, 0.05) is 11.4 Å². The predicted molar refractivity (Wildman–Crippen MR) is 91.0 cm³/mol. The Labute approximate surface area is 140 Å². The number of carbonyl (C=O) groups excluding carboxylic acids is 1. The Morgan fingerprint density at radius 1 is 1.13 bits per heavy atom. The van der Waals surface area contributed by atoms with Gasteiger partial charge in [0.1, 0.15) is 6.10 Å². The lowest BCUT2D eigenvalue weighted by Crippen LogP contribution is -2.31. The number of aliphatic hydroxyl groups is 1. The van der Waals surface area contributed by atoms with Gasteiger partial charge in [0.05, 0.1) is 12.5 Å². The third kappa shape index (κ3) is 4.01. The summed E-state index contributed by atoms with van der Waals surface area (Å²) in [5.74, 6) is -0.357. The molecule has 2 aromatic rings. The lowest BCUT2D eigenvalue weighted by molar-refractivity contribution is -0.156. The van der Waals surface area contributed by atoms with Crippen molar-refractivity contribution >= 4 is 23.6 Å². The Balaban J connectivity index is 1.84. The maximum absolute atomic E-state index is 11.4. The van der Waals surface area contributed by atoms with Crippen molar-refractivity contribution in [2.24, 2.45) is 0 Å². The largest absolute Gasteiger partial charge is 0.458 e. The van der Waals surface area contributed by atoms with Crippen LogP contribution in [0.4, 0.5) is 0 Å². The van der Waals surface area contributed by atoms with Gasteiger partial charge in [-0.15, -0.1) is 0 Å². The Morgan fingerprint density at radius 3 is 2.61 bits per heavy atom. The van der Waals surface area contributed by atoms with Crippen LogP contribution in [0.2, 0.25) is 5.02 Å². The Kier molecular flexibility index (Phi) is 4.79. The van der Waals surface area contributed by atoms with Crippen LogP contribution in [-0.2, 0) is 9.53 Å². The van der Waals surface area contributed by atoms with Crippen molar-refractivity contribution < 1.29 is 14.6 Å². The minimum atomic E-state index is -0.627. The summed E-state index contributed by atoms with van der Waals surface area (Å²) in [5.41, 5.74) is 3.16. The van der Waals surface area contributed by atoms with Gasteiger partial charge in [0.25, 0.3) is 0 Å². The van der Waals surface area contributed by atoms with Crippen molar-refractivity contribution in [1.82, 2.24) is 0 Å². The first-order chi connectivity index (χ1) is 11.1. The van der Waals surface area contributed by atoms with Crippen molar-refractivity contribution in [3.05, 3.63) is 65.2 Å². The highest BCUT2D eigenvalue weighted by Gasteiger charge is 2.25. The molecule has 0 bridgehead atoms. The third-order valence-electron chi connectivity index (χ3n) is 3.80. The van der Waals surface area contributed by atoms with Crippen LogP contribution in [0.5, 0.6) is 0 Å². The fourth-order valence-corrected chi connectivity index (χ4v) is 2.80. The van der Waals surface area contributed by atoms with Crippen LogP contribution in [0.1, 0.15) is 18.4 Å². The van der Waals surface area contributed by atoms with Crippen molar-refractivity contribution in [2.75, 3.05) is 0 Å². The van der Waals surface area contributed by atoms with Crippen molar-refractivity contribution in [1.29, 1.82) is 0 Å². The maximum Gasteiger partial charge on any atom is 0.309 e.